The Hall–Kier alpha value is -2.20. The molecule has 4 heteroatoms. The second kappa shape index (κ2) is 5.06. The molecule has 1 aromatic heterocycles. The number of amides is 1. The number of hydrogen-bond donors (Lipinski definition) is 0. The van der Waals surface area contributed by atoms with Crippen LogP contribution >= 0.6 is 11.3 Å². The van der Waals surface area contributed by atoms with Crippen LogP contribution < -0.4 is 5.01 Å². The van der Waals surface area contributed by atoms with E-state index in [2.05, 4.69) is 11.2 Å². The van der Waals surface area contributed by atoms with E-state index in [1.165, 1.54) is 10.6 Å². The number of carbonyl (C=O) groups excluding carboxylic acids is 1. The molecule has 0 fully saturated rings. The SMILES string of the molecule is CC1=NN(c2ccccc2)C(=O)/C1=C\c1sccc1C. The average Bonchev–Trinajstić information content (AvgIpc) is 2.98. The zero-order valence-electron chi connectivity index (χ0n) is 11.3. The largest absolute Gasteiger partial charge is 0.280 e. The molecule has 0 unspecified atom stereocenters. The summed E-state index contributed by atoms with van der Waals surface area (Å²) in [6, 6.07) is 11.5. The second-order valence-electron chi connectivity index (χ2n) is 4.66. The van der Waals surface area contributed by atoms with Gasteiger partial charge in [0, 0.05) is 4.88 Å². The normalized spacial score (nSPS) is 16.9. The lowest BCUT2D eigenvalue weighted by Gasteiger charge is -2.10. The molecule has 1 aliphatic rings. The third-order valence-electron chi connectivity index (χ3n) is 3.24. The van der Waals surface area contributed by atoms with Gasteiger partial charge in [-0.2, -0.15) is 10.1 Å². The minimum Gasteiger partial charge on any atom is -0.267 e. The molecule has 0 saturated heterocycles. The molecule has 0 N–H and O–H groups in total. The summed E-state index contributed by atoms with van der Waals surface area (Å²) in [7, 11) is 0. The summed E-state index contributed by atoms with van der Waals surface area (Å²) in [6.45, 7) is 3.92. The van der Waals surface area contributed by atoms with E-state index in [1.807, 2.05) is 55.6 Å². The van der Waals surface area contributed by atoms with Gasteiger partial charge in [0.1, 0.15) is 0 Å². The minimum absolute atomic E-state index is 0.0681. The second-order valence-corrected chi connectivity index (χ2v) is 5.61. The van der Waals surface area contributed by atoms with E-state index >= 15 is 0 Å². The first kappa shape index (κ1) is 12.8. The fourth-order valence-corrected chi connectivity index (χ4v) is 2.95. The number of hydrazone groups is 1. The van der Waals surface area contributed by atoms with E-state index in [4.69, 9.17) is 0 Å². The summed E-state index contributed by atoms with van der Waals surface area (Å²) >= 11 is 1.64. The number of hydrogen-bond acceptors (Lipinski definition) is 3. The Morgan fingerprint density at radius 1 is 1.15 bits per heavy atom. The van der Waals surface area contributed by atoms with Gasteiger partial charge >= 0.3 is 0 Å². The first-order chi connectivity index (χ1) is 9.66. The van der Waals surface area contributed by atoms with Crippen LogP contribution in [0, 0.1) is 6.92 Å². The third kappa shape index (κ3) is 2.18. The number of aryl methyl sites for hydroxylation is 1. The molecule has 0 saturated carbocycles. The summed E-state index contributed by atoms with van der Waals surface area (Å²) in [6.07, 6.45) is 1.93. The Morgan fingerprint density at radius 2 is 1.90 bits per heavy atom. The van der Waals surface area contributed by atoms with E-state index in [9.17, 15) is 4.79 Å². The van der Waals surface area contributed by atoms with Crippen molar-refractivity contribution in [1.29, 1.82) is 0 Å². The highest BCUT2D eigenvalue weighted by Gasteiger charge is 2.28. The van der Waals surface area contributed by atoms with E-state index < -0.39 is 0 Å². The molecule has 0 aliphatic carbocycles. The van der Waals surface area contributed by atoms with Crippen molar-refractivity contribution in [2.75, 3.05) is 5.01 Å². The average molecular weight is 282 g/mol. The monoisotopic (exact) mass is 282 g/mol. The lowest BCUT2D eigenvalue weighted by molar-refractivity contribution is -0.114. The fraction of sp³-hybridized carbons (Fsp3) is 0.125. The zero-order chi connectivity index (χ0) is 14.1. The Morgan fingerprint density at radius 3 is 2.55 bits per heavy atom. The number of rotatable bonds is 2. The van der Waals surface area contributed by atoms with Crippen molar-refractivity contribution < 1.29 is 4.79 Å². The van der Waals surface area contributed by atoms with Gasteiger partial charge in [-0.25, -0.2) is 0 Å². The molecule has 3 rings (SSSR count). The Bertz CT molecular complexity index is 713. The van der Waals surface area contributed by atoms with Crippen LogP contribution in [0.15, 0.2) is 52.5 Å². The van der Waals surface area contributed by atoms with E-state index in [0.29, 0.717) is 5.57 Å². The first-order valence-electron chi connectivity index (χ1n) is 6.37. The third-order valence-corrected chi connectivity index (χ3v) is 4.21. The van der Waals surface area contributed by atoms with E-state index in [1.54, 1.807) is 11.3 Å². The van der Waals surface area contributed by atoms with Crippen molar-refractivity contribution in [1.82, 2.24) is 0 Å². The van der Waals surface area contributed by atoms with Crippen molar-refractivity contribution in [3.8, 4) is 0 Å². The van der Waals surface area contributed by atoms with Crippen LogP contribution in [-0.4, -0.2) is 11.6 Å². The molecular formula is C16H14N2OS. The number of para-hydroxylation sites is 1. The summed E-state index contributed by atoms with van der Waals surface area (Å²) in [5.41, 5.74) is 3.40. The van der Waals surface area contributed by atoms with Crippen molar-refractivity contribution in [2.24, 2.45) is 5.10 Å². The first-order valence-corrected chi connectivity index (χ1v) is 7.25. The molecule has 2 aromatic rings. The molecule has 3 nitrogen and oxygen atoms in total. The van der Waals surface area contributed by atoms with Crippen molar-refractivity contribution in [2.45, 2.75) is 13.8 Å². The van der Waals surface area contributed by atoms with Gasteiger partial charge in [-0.3, -0.25) is 4.79 Å². The van der Waals surface area contributed by atoms with Crippen molar-refractivity contribution >= 4 is 34.7 Å². The smallest absolute Gasteiger partial charge is 0.267 e. The molecule has 2 heterocycles. The fourth-order valence-electron chi connectivity index (χ4n) is 2.09. The summed E-state index contributed by atoms with van der Waals surface area (Å²) < 4.78 is 0. The van der Waals surface area contributed by atoms with Gasteiger partial charge in [-0.05, 0) is 49.1 Å². The zero-order valence-corrected chi connectivity index (χ0v) is 12.1. The van der Waals surface area contributed by atoms with E-state index in [-0.39, 0.29) is 5.91 Å². The van der Waals surface area contributed by atoms with Crippen LogP contribution in [-0.2, 0) is 4.79 Å². The molecule has 1 aromatic carbocycles. The van der Waals surface area contributed by atoms with Crippen LogP contribution in [0.2, 0.25) is 0 Å². The van der Waals surface area contributed by atoms with Gasteiger partial charge in [0.15, 0.2) is 0 Å². The number of carbonyl (C=O) groups is 1. The highest BCUT2D eigenvalue weighted by atomic mass is 32.1. The van der Waals surface area contributed by atoms with Crippen molar-refractivity contribution in [3.63, 3.8) is 0 Å². The van der Waals surface area contributed by atoms with Crippen LogP contribution in [0.25, 0.3) is 6.08 Å². The predicted molar refractivity (Wildman–Crippen MR) is 84.1 cm³/mol. The van der Waals surface area contributed by atoms with Gasteiger partial charge in [-0.15, -0.1) is 11.3 Å². The number of anilines is 1. The number of nitrogens with zero attached hydrogens (tertiary/aromatic N) is 2. The Kier molecular flexibility index (Phi) is 3.24. The molecule has 1 aliphatic heterocycles. The summed E-state index contributed by atoms with van der Waals surface area (Å²) in [5.74, 6) is -0.0681. The Balaban J connectivity index is 1.98. The standard InChI is InChI=1S/C16H14N2OS/c1-11-8-9-20-15(11)10-14-12(2)17-18(16(14)19)13-6-4-3-5-7-13/h3-10H,1-2H3/b14-10-. The maximum Gasteiger partial charge on any atom is 0.280 e. The number of benzene rings is 1. The molecule has 0 atom stereocenters. The van der Waals surface area contributed by atoms with Crippen molar-refractivity contribution in [3.05, 3.63) is 57.8 Å². The van der Waals surface area contributed by atoms with Gasteiger partial charge < -0.3 is 0 Å². The minimum atomic E-state index is -0.0681. The molecule has 0 radical (unpaired) electrons. The molecule has 0 spiro atoms. The molecule has 0 bridgehead atoms. The molecule has 1 amide bonds. The van der Waals surface area contributed by atoms with Gasteiger partial charge in [0.25, 0.3) is 5.91 Å². The van der Waals surface area contributed by atoms with Crippen LogP contribution in [0.1, 0.15) is 17.4 Å². The van der Waals surface area contributed by atoms with Crippen LogP contribution in [0.5, 0.6) is 0 Å². The summed E-state index contributed by atoms with van der Waals surface area (Å²) in [4.78, 5) is 13.6. The summed E-state index contributed by atoms with van der Waals surface area (Å²) in [5, 5.41) is 7.86. The molecule has 20 heavy (non-hydrogen) atoms. The van der Waals surface area contributed by atoms with Crippen LogP contribution in [0.3, 0.4) is 0 Å². The topological polar surface area (TPSA) is 32.7 Å². The quantitative estimate of drug-likeness (QED) is 0.770. The molecule has 100 valence electrons. The lowest BCUT2D eigenvalue weighted by atomic mass is 10.1. The predicted octanol–water partition coefficient (Wildman–Crippen LogP) is 3.86. The highest BCUT2D eigenvalue weighted by molar-refractivity contribution is 7.11. The van der Waals surface area contributed by atoms with E-state index in [0.717, 1.165) is 16.3 Å². The maximum atomic E-state index is 12.5. The lowest BCUT2D eigenvalue weighted by Crippen LogP contribution is -2.21. The number of thiophene rings is 1. The van der Waals surface area contributed by atoms with Gasteiger partial charge in [0.2, 0.25) is 0 Å². The van der Waals surface area contributed by atoms with Gasteiger partial charge in [-0.1, -0.05) is 18.2 Å². The highest BCUT2D eigenvalue weighted by Crippen LogP contribution is 2.26. The maximum absolute atomic E-state index is 12.5. The van der Waals surface area contributed by atoms with Gasteiger partial charge in [0.05, 0.1) is 17.0 Å². The Labute approximate surface area is 121 Å². The van der Waals surface area contributed by atoms with Crippen LogP contribution in [0.4, 0.5) is 5.69 Å². The molecular weight excluding hydrogens is 268 g/mol.